The lowest BCUT2D eigenvalue weighted by atomic mass is 10.2. The first-order valence-electron chi connectivity index (χ1n) is 6.51. The molecule has 0 bridgehead atoms. The van der Waals surface area contributed by atoms with Gasteiger partial charge < -0.3 is 16.0 Å². The molecule has 1 heterocycles. The average Bonchev–Trinajstić information content (AvgIpc) is 3.22. The third-order valence-corrected chi connectivity index (χ3v) is 2.95. The molecule has 0 atom stereocenters. The maximum absolute atomic E-state index is 13.8. The first-order valence-corrected chi connectivity index (χ1v) is 6.51. The Balaban J connectivity index is 1.83. The molecular formula is C13H17FN4O2. The van der Waals surface area contributed by atoms with Gasteiger partial charge in [0.1, 0.15) is 0 Å². The molecule has 1 fully saturated rings. The molecule has 0 radical (unpaired) electrons. The number of amides is 2. The molecule has 1 aromatic heterocycles. The topological polar surface area (TPSA) is 83.1 Å². The fourth-order valence-corrected chi connectivity index (χ4v) is 1.71. The normalized spacial score (nSPS) is 13.7. The number of pyridine rings is 1. The van der Waals surface area contributed by atoms with Gasteiger partial charge in [-0.2, -0.15) is 0 Å². The van der Waals surface area contributed by atoms with Crippen molar-refractivity contribution in [3.8, 4) is 0 Å². The second-order valence-corrected chi connectivity index (χ2v) is 4.62. The Kier molecular flexibility index (Phi) is 4.49. The maximum atomic E-state index is 13.8. The van der Waals surface area contributed by atoms with Gasteiger partial charge in [-0.1, -0.05) is 0 Å². The van der Waals surface area contributed by atoms with Gasteiger partial charge in [0.25, 0.3) is 5.91 Å². The number of halogens is 1. The molecule has 0 saturated heterocycles. The molecule has 20 heavy (non-hydrogen) atoms. The Hall–Kier alpha value is -2.18. The van der Waals surface area contributed by atoms with Crippen LogP contribution >= 0.6 is 0 Å². The number of aromatic nitrogens is 1. The quantitative estimate of drug-likeness (QED) is 0.715. The van der Waals surface area contributed by atoms with E-state index in [0.29, 0.717) is 6.04 Å². The van der Waals surface area contributed by atoms with Crippen LogP contribution in [0.15, 0.2) is 12.3 Å². The zero-order valence-electron chi connectivity index (χ0n) is 11.2. The summed E-state index contributed by atoms with van der Waals surface area (Å²) in [6.45, 7) is 0.175. The van der Waals surface area contributed by atoms with Crippen molar-refractivity contribution in [1.82, 2.24) is 15.6 Å². The highest BCUT2D eigenvalue weighted by molar-refractivity contribution is 5.95. The Labute approximate surface area is 116 Å². The van der Waals surface area contributed by atoms with E-state index in [1.807, 2.05) is 0 Å². The fourth-order valence-electron chi connectivity index (χ4n) is 1.71. The van der Waals surface area contributed by atoms with Crippen LogP contribution in [0.25, 0.3) is 0 Å². The first kappa shape index (κ1) is 14.2. The number of carbonyl (C=O) groups excluding carboxylic acids is 2. The van der Waals surface area contributed by atoms with Crippen molar-refractivity contribution in [1.29, 1.82) is 0 Å². The van der Waals surface area contributed by atoms with Crippen LogP contribution in [0, 0.1) is 5.82 Å². The summed E-state index contributed by atoms with van der Waals surface area (Å²) >= 11 is 0. The summed E-state index contributed by atoms with van der Waals surface area (Å²) in [7, 11) is 1.52. The van der Waals surface area contributed by atoms with Gasteiger partial charge in [-0.15, -0.1) is 0 Å². The van der Waals surface area contributed by atoms with Crippen LogP contribution in [-0.2, 0) is 4.79 Å². The Bertz CT molecular complexity index is 517. The number of nitrogens with zero attached hydrogens (tertiary/aromatic N) is 1. The Morgan fingerprint density at radius 3 is 2.85 bits per heavy atom. The van der Waals surface area contributed by atoms with Crippen molar-refractivity contribution in [3.05, 3.63) is 23.6 Å². The Morgan fingerprint density at radius 1 is 1.45 bits per heavy atom. The highest BCUT2D eigenvalue weighted by Crippen LogP contribution is 2.18. The van der Waals surface area contributed by atoms with E-state index in [2.05, 4.69) is 20.9 Å². The first-order chi connectivity index (χ1) is 9.61. The zero-order chi connectivity index (χ0) is 14.5. The third kappa shape index (κ3) is 3.66. The molecule has 1 saturated carbocycles. The van der Waals surface area contributed by atoms with E-state index < -0.39 is 11.7 Å². The molecule has 1 aromatic rings. The van der Waals surface area contributed by atoms with Crippen LogP contribution in [0.5, 0.6) is 0 Å². The summed E-state index contributed by atoms with van der Waals surface area (Å²) in [5.74, 6) is -1.33. The standard InChI is InChI=1S/C13H17FN4O2/c1-15-12-11(14)9(4-6-16-12)13(20)17-7-5-10(19)18-8-2-3-8/h4,6,8H,2-3,5,7H2,1H3,(H,15,16)(H,17,20)(H,18,19). The Morgan fingerprint density at radius 2 is 2.20 bits per heavy atom. The monoisotopic (exact) mass is 280 g/mol. The number of anilines is 1. The smallest absolute Gasteiger partial charge is 0.254 e. The molecule has 0 unspecified atom stereocenters. The number of rotatable bonds is 6. The molecule has 0 aliphatic heterocycles. The molecule has 2 rings (SSSR count). The zero-order valence-corrected chi connectivity index (χ0v) is 11.2. The predicted octanol–water partition coefficient (Wildman–Crippen LogP) is 0.661. The average molecular weight is 280 g/mol. The summed E-state index contributed by atoms with van der Waals surface area (Å²) in [5.41, 5.74) is -0.0908. The number of carbonyl (C=O) groups is 2. The molecule has 6 nitrogen and oxygen atoms in total. The van der Waals surface area contributed by atoms with Crippen LogP contribution in [0.3, 0.4) is 0 Å². The fraction of sp³-hybridized carbons (Fsp3) is 0.462. The molecule has 3 N–H and O–H groups in total. The summed E-state index contributed by atoms with van der Waals surface area (Å²) in [4.78, 5) is 27.0. The van der Waals surface area contributed by atoms with Crippen LogP contribution in [0.4, 0.5) is 10.2 Å². The van der Waals surface area contributed by atoms with Crippen LogP contribution in [0.1, 0.15) is 29.6 Å². The van der Waals surface area contributed by atoms with E-state index in [1.54, 1.807) is 0 Å². The van der Waals surface area contributed by atoms with E-state index in [9.17, 15) is 14.0 Å². The summed E-state index contributed by atoms with van der Waals surface area (Å²) < 4.78 is 13.8. The number of hydrogen-bond donors (Lipinski definition) is 3. The minimum Gasteiger partial charge on any atom is -0.371 e. The van der Waals surface area contributed by atoms with Gasteiger partial charge in [0.05, 0.1) is 5.56 Å². The molecule has 1 aliphatic carbocycles. The van der Waals surface area contributed by atoms with Crippen molar-refractivity contribution in [2.75, 3.05) is 18.9 Å². The van der Waals surface area contributed by atoms with Gasteiger partial charge in [0.15, 0.2) is 11.6 Å². The van der Waals surface area contributed by atoms with Gasteiger partial charge in [-0.3, -0.25) is 9.59 Å². The lowest BCUT2D eigenvalue weighted by Gasteiger charge is -2.08. The SMILES string of the molecule is CNc1nccc(C(=O)NCCC(=O)NC2CC2)c1F. The highest BCUT2D eigenvalue weighted by atomic mass is 19.1. The molecule has 1 aliphatic rings. The summed E-state index contributed by atoms with van der Waals surface area (Å²) in [6.07, 6.45) is 3.58. The van der Waals surface area contributed by atoms with Gasteiger partial charge >= 0.3 is 0 Å². The minimum atomic E-state index is -0.699. The van der Waals surface area contributed by atoms with Crippen molar-refractivity contribution in [2.45, 2.75) is 25.3 Å². The van der Waals surface area contributed by atoms with Gasteiger partial charge in [0.2, 0.25) is 5.91 Å². The van der Waals surface area contributed by atoms with E-state index in [1.165, 1.54) is 19.3 Å². The molecule has 108 valence electrons. The van der Waals surface area contributed by atoms with Gasteiger partial charge in [-0.05, 0) is 18.9 Å². The second-order valence-electron chi connectivity index (χ2n) is 4.62. The summed E-state index contributed by atoms with van der Waals surface area (Å²) in [5, 5.41) is 7.90. The lowest BCUT2D eigenvalue weighted by Crippen LogP contribution is -2.32. The van der Waals surface area contributed by atoms with E-state index in [-0.39, 0.29) is 30.3 Å². The van der Waals surface area contributed by atoms with Gasteiger partial charge in [-0.25, -0.2) is 9.37 Å². The van der Waals surface area contributed by atoms with Crippen molar-refractivity contribution < 1.29 is 14.0 Å². The molecule has 7 heteroatoms. The van der Waals surface area contributed by atoms with Gasteiger partial charge in [0, 0.05) is 32.3 Å². The van der Waals surface area contributed by atoms with Crippen molar-refractivity contribution >= 4 is 17.6 Å². The minimum absolute atomic E-state index is 0.0177. The predicted molar refractivity (Wildman–Crippen MR) is 71.9 cm³/mol. The van der Waals surface area contributed by atoms with E-state index in [4.69, 9.17) is 0 Å². The van der Waals surface area contributed by atoms with Crippen LogP contribution in [0.2, 0.25) is 0 Å². The van der Waals surface area contributed by atoms with Crippen LogP contribution < -0.4 is 16.0 Å². The number of hydrogen-bond acceptors (Lipinski definition) is 4. The van der Waals surface area contributed by atoms with E-state index in [0.717, 1.165) is 12.8 Å². The second kappa shape index (κ2) is 6.31. The highest BCUT2D eigenvalue weighted by Gasteiger charge is 2.23. The third-order valence-electron chi connectivity index (χ3n) is 2.95. The molecule has 2 amide bonds. The lowest BCUT2D eigenvalue weighted by molar-refractivity contribution is -0.121. The summed E-state index contributed by atoms with van der Waals surface area (Å²) in [6, 6.07) is 1.60. The molecule has 0 spiro atoms. The molecular weight excluding hydrogens is 263 g/mol. The van der Waals surface area contributed by atoms with Crippen molar-refractivity contribution in [2.24, 2.45) is 0 Å². The molecule has 0 aromatic carbocycles. The van der Waals surface area contributed by atoms with Crippen LogP contribution in [-0.4, -0.2) is 36.4 Å². The maximum Gasteiger partial charge on any atom is 0.254 e. The van der Waals surface area contributed by atoms with E-state index >= 15 is 0 Å². The largest absolute Gasteiger partial charge is 0.371 e. The number of nitrogens with one attached hydrogen (secondary N) is 3. The van der Waals surface area contributed by atoms with Crippen molar-refractivity contribution in [3.63, 3.8) is 0 Å².